The molecule has 0 atom stereocenters. The third kappa shape index (κ3) is 3.45. The lowest BCUT2D eigenvalue weighted by Gasteiger charge is -2.09. The van der Waals surface area contributed by atoms with Crippen LogP contribution in [0.1, 0.15) is 34.1 Å². The predicted octanol–water partition coefficient (Wildman–Crippen LogP) is 2.84. The molecule has 3 aromatic rings. The third-order valence-electron chi connectivity index (χ3n) is 4.06. The molecule has 130 valence electrons. The number of hydrogen-bond acceptors (Lipinski definition) is 3. The lowest BCUT2D eigenvalue weighted by atomic mass is 10.1. The van der Waals surface area contributed by atoms with E-state index in [-0.39, 0.29) is 11.4 Å². The molecule has 26 heavy (non-hydrogen) atoms. The first-order chi connectivity index (χ1) is 12.5. The molecule has 0 radical (unpaired) electrons. The molecule has 0 aliphatic heterocycles. The zero-order valence-corrected chi connectivity index (χ0v) is 14.5. The van der Waals surface area contributed by atoms with Gasteiger partial charge in [-0.2, -0.15) is 0 Å². The quantitative estimate of drug-likeness (QED) is 0.638. The van der Waals surface area contributed by atoms with Crippen molar-refractivity contribution in [1.82, 2.24) is 10.3 Å². The van der Waals surface area contributed by atoms with Gasteiger partial charge in [0.05, 0.1) is 5.39 Å². The Balaban J connectivity index is 1.94. The highest BCUT2D eigenvalue weighted by Crippen LogP contribution is 2.25. The van der Waals surface area contributed by atoms with E-state index in [1.54, 1.807) is 25.1 Å². The number of aromatic amines is 1. The molecule has 0 aliphatic carbocycles. The number of nitrogens with one attached hydrogen (secondary N) is 2. The SMILES string of the molecule is CC#Cc1ccc2c(=O)[nH]c(C(=O)NCc3ccc(C)cc3)c(O)c2c1. The van der Waals surface area contributed by atoms with Crippen LogP contribution in [0.3, 0.4) is 0 Å². The molecule has 0 spiro atoms. The van der Waals surface area contributed by atoms with Crippen LogP contribution in [0.4, 0.5) is 0 Å². The largest absolute Gasteiger partial charge is 0.505 e. The van der Waals surface area contributed by atoms with Crippen molar-refractivity contribution in [2.75, 3.05) is 0 Å². The fraction of sp³-hybridized carbons (Fsp3) is 0.143. The fourth-order valence-electron chi connectivity index (χ4n) is 2.68. The Bertz CT molecular complexity index is 1100. The highest BCUT2D eigenvalue weighted by atomic mass is 16.3. The van der Waals surface area contributed by atoms with Crippen LogP contribution >= 0.6 is 0 Å². The Kier molecular flexibility index (Phi) is 4.76. The monoisotopic (exact) mass is 346 g/mol. The van der Waals surface area contributed by atoms with Crippen molar-refractivity contribution in [3.05, 3.63) is 75.2 Å². The Labute approximate surface area is 150 Å². The molecule has 0 bridgehead atoms. The molecule has 0 saturated carbocycles. The number of amides is 1. The van der Waals surface area contributed by atoms with Crippen molar-refractivity contribution in [2.24, 2.45) is 0 Å². The van der Waals surface area contributed by atoms with E-state index in [0.717, 1.165) is 11.1 Å². The van der Waals surface area contributed by atoms with E-state index in [9.17, 15) is 14.7 Å². The molecule has 3 rings (SSSR count). The van der Waals surface area contributed by atoms with Crippen LogP contribution in [0.25, 0.3) is 10.8 Å². The number of aromatic hydroxyl groups is 1. The van der Waals surface area contributed by atoms with Gasteiger partial charge in [-0.25, -0.2) is 0 Å². The highest BCUT2D eigenvalue weighted by Gasteiger charge is 2.17. The summed E-state index contributed by atoms with van der Waals surface area (Å²) in [5.74, 6) is 4.83. The molecular formula is C21H18N2O3. The van der Waals surface area contributed by atoms with E-state index in [1.165, 1.54) is 0 Å². The molecule has 0 saturated heterocycles. The number of carbonyl (C=O) groups excluding carboxylic acids is 1. The number of rotatable bonds is 3. The van der Waals surface area contributed by atoms with Crippen molar-refractivity contribution in [3.63, 3.8) is 0 Å². The Morgan fingerprint density at radius 3 is 2.58 bits per heavy atom. The number of benzene rings is 2. The molecule has 0 unspecified atom stereocenters. The first kappa shape index (κ1) is 17.3. The van der Waals surface area contributed by atoms with E-state index >= 15 is 0 Å². The molecule has 5 nitrogen and oxygen atoms in total. The summed E-state index contributed by atoms with van der Waals surface area (Å²) in [6, 6.07) is 12.6. The summed E-state index contributed by atoms with van der Waals surface area (Å²) in [7, 11) is 0. The lowest BCUT2D eigenvalue weighted by Crippen LogP contribution is -2.26. The maximum Gasteiger partial charge on any atom is 0.271 e. The summed E-state index contributed by atoms with van der Waals surface area (Å²) < 4.78 is 0. The van der Waals surface area contributed by atoms with E-state index in [2.05, 4.69) is 22.1 Å². The van der Waals surface area contributed by atoms with Gasteiger partial charge in [0, 0.05) is 17.5 Å². The lowest BCUT2D eigenvalue weighted by molar-refractivity contribution is 0.0943. The summed E-state index contributed by atoms with van der Waals surface area (Å²) in [6.45, 7) is 3.98. The van der Waals surface area contributed by atoms with E-state index in [1.807, 2.05) is 31.2 Å². The summed E-state index contributed by atoms with van der Waals surface area (Å²) in [4.78, 5) is 27.2. The van der Waals surface area contributed by atoms with E-state index in [0.29, 0.717) is 22.9 Å². The number of aryl methyl sites for hydroxylation is 1. The number of H-pyrrole nitrogens is 1. The first-order valence-corrected chi connectivity index (χ1v) is 8.15. The third-order valence-corrected chi connectivity index (χ3v) is 4.06. The average Bonchev–Trinajstić information content (AvgIpc) is 2.64. The van der Waals surface area contributed by atoms with Gasteiger partial charge < -0.3 is 15.4 Å². The van der Waals surface area contributed by atoms with E-state index in [4.69, 9.17) is 0 Å². The van der Waals surface area contributed by atoms with Gasteiger partial charge in [0.25, 0.3) is 11.5 Å². The number of hydrogen-bond donors (Lipinski definition) is 3. The van der Waals surface area contributed by atoms with Gasteiger partial charge in [0.1, 0.15) is 5.69 Å². The number of pyridine rings is 1. The zero-order chi connectivity index (χ0) is 18.7. The van der Waals surface area contributed by atoms with Gasteiger partial charge in [-0.05, 0) is 37.6 Å². The fourth-order valence-corrected chi connectivity index (χ4v) is 2.68. The molecule has 3 N–H and O–H groups in total. The smallest absolute Gasteiger partial charge is 0.271 e. The molecule has 1 aromatic heterocycles. The maximum absolute atomic E-state index is 12.4. The average molecular weight is 346 g/mol. The first-order valence-electron chi connectivity index (χ1n) is 8.15. The molecule has 5 heteroatoms. The second-order valence-electron chi connectivity index (χ2n) is 5.98. The van der Waals surface area contributed by atoms with Gasteiger partial charge in [-0.3, -0.25) is 9.59 Å². The minimum atomic E-state index is -0.547. The normalized spacial score (nSPS) is 10.2. The number of carbonyl (C=O) groups is 1. The van der Waals surface area contributed by atoms with Crippen molar-refractivity contribution < 1.29 is 9.90 Å². The summed E-state index contributed by atoms with van der Waals surface area (Å²) in [6.07, 6.45) is 0. The highest BCUT2D eigenvalue weighted by molar-refractivity contribution is 6.01. The van der Waals surface area contributed by atoms with Crippen LogP contribution in [-0.2, 0) is 6.54 Å². The molecule has 0 fully saturated rings. The predicted molar refractivity (Wildman–Crippen MR) is 101 cm³/mol. The summed E-state index contributed by atoms with van der Waals surface area (Å²) in [5.41, 5.74) is 2.12. The summed E-state index contributed by atoms with van der Waals surface area (Å²) in [5, 5.41) is 13.8. The van der Waals surface area contributed by atoms with Crippen LogP contribution in [0.15, 0.2) is 47.3 Å². The van der Waals surface area contributed by atoms with Crippen molar-refractivity contribution in [3.8, 4) is 17.6 Å². The van der Waals surface area contributed by atoms with Gasteiger partial charge in [0.2, 0.25) is 0 Å². The minimum absolute atomic E-state index is 0.156. The maximum atomic E-state index is 12.4. The topological polar surface area (TPSA) is 82.2 Å². The van der Waals surface area contributed by atoms with Crippen molar-refractivity contribution >= 4 is 16.7 Å². The van der Waals surface area contributed by atoms with E-state index < -0.39 is 11.5 Å². The standard InChI is InChI=1S/C21H18N2O3/c1-3-4-14-9-10-16-17(11-14)19(24)18(23-20(16)25)21(26)22-12-15-7-5-13(2)6-8-15/h5-11,24H,12H2,1-2H3,(H,22,26)(H,23,25). The van der Waals surface area contributed by atoms with Crippen LogP contribution in [-0.4, -0.2) is 16.0 Å². The van der Waals surface area contributed by atoms with Crippen LogP contribution in [0, 0.1) is 18.8 Å². The Hall–Kier alpha value is -3.52. The van der Waals surface area contributed by atoms with Crippen molar-refractivity contribution in [2.45, 2.75) is 20.4 Å². The zero-order valence-electron chi connectivity index (χ0n) is 14.5. The molecule has 1 amide bonds. The van der Waals surface area contributed by atoms with Crippen LogP contribution < -0.4 is 10.9 Å². The molecule has 0 aliphatic rings. The van der Waals surface area contributed by atoms with Gasteiger partial charge in [-0.15, -0.1) is 5.92 Å². The second kappa shape index (κ2) is 7.16. The summed E-state index contributed by atoms with van der Waals surface area (Å²) >= 11 is 0. The Morgan fingerprint density at radius 1 is 1.15 bits per heavy atom. The van der Waals surface area contributed by atoms with Crippen molar-refractivity contribution in [1.29, 1.82) is 0 Å². The number of fused-ring (bicyclic) bond motifs is 1. The molecule has 2 aromatic carbocycles. The van der Waals surface area contributed by atoms with Gasteiger partial charge in [-0.1, -0.05) is 35.7 Å². The molecule has 1 heterocycles. The van der Waals surface area contributed by atoms with Crippen LogP contribution in [0.5, 0.6) is 5.75 Å². The number of aromatic nitrogens is 1. The second-order valence-corrected chi connectivity index (χ2v) is 5.98. The van der Waals surface area contributed by atoms with Gasteiger partial charge >= 0.3 is 0 Å². The van der Waals surface area contributed by atoms with Crippen LogP contribution in [0.2, 0.25) is 0 Å². The van der Waals surface area contributed by atoms with Gasteiger partial charge in [0.15, 0.2) is 5.75 Å². The molecular weight excluding hydrogens is 328 g/mol. The minimum Gasteiger partial charge on any atom is -0.505 e. The Morgan fingerprint density at radius 2 is 1.88 bits per heavy atom.